The van der Waals surface area contributed by atoms with E-state index in [4.69, 9.17) is 5.73 Å². The second-order valence-electron chi connectivity index (χ2n) is 5.33. The standard InChI is InChI=1S/C13H19FN2/c1-13(2)6-10(13)8-16-7-9-4-3-5-11(14)12(9)15/h3-5,10,16H,6-8,15H2,1-2H3. The minimum atomic E-state index is -0.328. The fourth-order valence-corrected chi connectivity index (χ4v) is 2.04. The minimum absolute atomic E-state index is 0.269. The molecule has 0 amide bonds. The molecule has 2 rings (SSSR count). The van der Waals surface area contributed by atoms with Gasteiger partial charge in [0.15, 0.2) is 0 Å². The summed E-state index contributed by atoms with van der Waals surface area (Å²) in [4.78, 5) is 0. The van der Waals surface area contributed by atoms with Crippen molar-refractivity contribution in [2.75, 3.05) is 12.3 Å². The molecule has 0 radical (unpaired) electrons. The minimum Gasteiger partial charge on any atom is -0.396 e. The van der Waals surface area contributed by atoms with Crippen molar-refractivity contribution in [3.05, 3.63) is 29.6 Å². The van der Waals surface area contributed by atoms with E-state index in [9.17, 15) is 4.39 Å². The second-order valence-corrected chi connectivity index (χ2v) is 5.33. The molecule has 1 aromatic carbocycles. The summed E-state index contributed by atoms with van der Waals surface area (Å²) in [6.07, 6.45) is 1.28. The Morgan fingerprint density at radius 1 is 1.50 bits per heavy atom. The molecular weight excluding hydrogens is 203 g/mol. The van der Waals surface area contributed by atoms with Crippen LogP contribution in [0.2, 0.25) is 0 Å². The van der Waals surface area contributed by atoms with E-state index >= 15 is 0 Å². The maximum absolute atomic E-state index is 13.1. The van der Waals surface area contributed by atoms with Gasteiger partial charge in [0.25, 0.3) is 0 Å². The number of nitrogens with one attached hydrogen (secondary N) is 1. The highest BCUT2D eigenvalue weighted by Gasteiger charge is 2.44. The molecule has 0 aromatic heterocycles. The van der Waals surface area contributed by atoms with Gasteiger partial charge in [0.2, 0.25) is 0 Å². The van der Waals surface area contributed by atoms with Gasteiger partial charge in [-0.05, 0) is 35.9 Å². The Morgan fingerprint density at radius 2 is 2.19 bits per heavy atom. The summed E-state index contributed by atoms with van der Waals surface area (Å²) in [5.41, 5.74) is 7.25. The van der Waals surface area contributed by atoms with Crippen molar-refractivity contribution in [3.63, 3.8) is 0 Å². The Labute approximate surface area is 96.0 Å². The Balaban J connectivity index is 1.84. The van der Waals surface area contributed by atoms with E-state index in [2.05, 4.69) is 19.2 Å². The molecular formula is C13H19FN2. The maximum Gasteiger partial charge on any atom is 0.146 e. The van der Waals surface area contributed by atoms with Crippen LogP contribution in [-0.2, 0) is 6.54 Å². The second kappa shape index (κ2) is 4.06. The van der Waals surface area contributed by atoms with Gasteiger partial charge < -0.3 is 11.1 Å². The molecule has 0 spiro atoms. The smallest absolute Gasteiger partial charge is 0.146 e. The molecule has 1 aliphatic rings. The quantitative estimate of drug-likeness (QED) is 0.768. The Hall–Kier alpha value is -1.09. The van der Waals surface area contributed by atoms with Crippen molar-refractivity contribution in [1.82, 2.24) is 5.32 Å². The molecule has 0 aliphatic heterocycles. The fraction of sp³-hybridized carbons (Fsp3) is 0.538. The van der Waals surface area contributed by atoms with Crippen molar-refractivity contribution < 1.29 is 4.39 Å². The molecule has 88 valence electrons. The van der Waals surface area contributed by atoms with E-state index in [1.807, 2.05) is 6.07 Å². The van der Waals surface area contributed by atoms with Crippen LogP contribution in [0.15, 0.2) is 18.2 Å². The highest BCUT2D eigenvalue weighted by molar-refractivity contribution is 5.47. The third-order valence-corrected chi connectivity index (χ3v) is 3.57. The molecule has 16 heavy (non-hydrogen) atoms. The van der Waals surface area contributed by atoms with Crippen molar-refractivity contribution >= 4 is 5.69 Å². The molecule has 3 N–H and O–H groups in total. The lowest BCUT2D eigenvalue weighted by Gasteiger charge is -2.09. The first-order chi connectivity index (χ1) is 7.50. The molecule has 1 unspecified atom stereocenters. The lowest BCUT2D eigenvalue weighted by atomic mass is 10.1. The summed E-state index contributed by atoms with van der Waals surface area (Å²) in [5, 5.41) is 3.34. The largest absolute Gasteiger partial charge is 0.396 e. The Bertz CT molecular complexity index is 388. The van der Waals surface area contributed by atoms with Crippen molar-refractivity contribution in [1.29, 1.82) is 0 Å². The normalized spacial score (nSPS) is 22.1. The summed E-state index contributed by atoms with van der Waals surface area (Å²) in [7, 11) is 0. The molecule has 2 nitrogen and oxygen atoms in total. The lowest BCUT2D eigenvalue weighted by molar-refractivity contribution is 0.519. The average Bonchev–Trinajstić information content (AvgIpc) is 2.81. The number of para-hydroxylation sites is 1. The van der Waals surface area contributed by atoms with Gasteiger partial charge >= 0.3 is 0 Å². The van der Waals surface area contributed by atoms with Gasteiger partial charge in [0, 0.05) is 6.54 Å². The number of rotatable bonds is 4. The number of hydrogen-bond donors (Lipinski definition) is 2. The molecule has 3 heteroatoms. The summed E-state index contributed by atoms with van der Waals surface area (Å²) >= 11 is 0. The highest BCUT2D eigenvalue weighted by Crippen LogP contribution is 2.50. The topological polar surface area (TPSA) is 38.0 Å². The van der Waals surface area contributed by atoms with Crippen molar-refractivity contribution in [2.45, 2.75) is 26.8 Å². The molecule has 0 heterocycles. The first-order valence-corrected chi connectivity index (χ1v) is 5.74. The van der Waals surface area contributed by atoms with Crippen LogP contribution in [0.4, 0.5) is 10.1 Å². The maximum atomic E-state index is 13.1. The molecule has 0 bridgehead atoms. The van der Waals surface area contributed by atoms with Gasteiger partial charge in [-0.2, -0.15) is 0 Å². The van der Waals surface area contributed by atoms with E-state index in [0.29, 0.717) is 12.0 Å². The lowest BCUT2D eigenvalue weighted by Crippen LogP contribution is -2.19. The van der Waals surface area contributed by atoms with Gasteiger partial charge in [-0.25, -0.2) is 4.39 Å². The number of anilines is 1. The molecule has 1 saturated carbocycles. The Morgan fingerprint density at radius 3 is 2.81 bits per heavy atom. The fourth-order valence-electron chi connectivity index (χ4n) is 2.04. The first-order valence-electron chi connectivity index (χ1n) is 5.74. The zero-order chi connectivity index (χ0) is 11.8. The highest BCUT2D eigenvalue weighted by atomic mass is 19.1. The van der Waals surface area contributed by atoms with E-state index in [-0.39, 0.29) is 11.5 Å². The monoisotopic (exact) mass is 222 g/mol. The van der Waals surface area contributed by atoms with Crippen LogP contribution < -0.4 is 11.1 Å². The van der Waals surface area contributed by atoms with Crippen molar-refractivity contribution in [3.8, 4) is 0 Å². The van der Waals surface area contributed by atoms with Gasteiger partial charge in [-0.3, -0.25) is 0 Å². The van der Waals surface area contributed by atoms with E-state index in [1.165, 1.54) is 12.5 Å². The Kier molecular flexibility index (Phi) is 2.89. The van der Waals surface area contributed by atoms with Gasteiger partial charge in [-0.15, -0.1) is 0 Å². The summed E-state index contributed by atoms with van der Waals surface area (Å²) in [6.45, 7) is 6.19. The van der Waals surface area contributed by atoms with Crippen LogP contribution >= 0.6 is 0 Å². The third-order valence-electron chi connectivity index (χ3n) is 3.57. The average molecular weight is 222 g/mol. The van der Waals surface area contributed by atoms with Gasteiger partial charge in [-0.1, -0.05) is 26.0 Å². The summed E-state index contributed by atoms with van der Waals surface area (Å²) in [6, 6.07) is 4.95. The number of nitrogen functional groups attached to an aromatic ring is 1. The molecule has 1 aliphatic carbocycles. The number of benzene rings is 1. The number of hydrogen-bond acceptors (Lipinski definition) is 2. The van der Waals surface area contributed by atoms with Crippen LogP contribution in [0.3, 0.4) is 0 Å². The van der Waals surface area contributed by atoms with E-state index in [0.717, 1.165) is 18.0 Å². The predicted octanol–water partition coefficient (Wildman–Crippen LogP) is 2.54. The molecule has 1 aromatic rings. The van der Waals surface area contributed by atoms with Gasteiger partial charge in [0.05, 0.1) is 5.69 Å². The SMILES string of the molecule is CC1(C)CC1CNCc1cccc(F)c1N. The summed E-state index contributed by atoms with van der Waals surface area (Å²) < 4.78 is 13.1. The molecule has 1 fully saturated rings. The first kappa shape index (κ1) is 11.4. The predicted molar refractivity (Wildman–Crippen MR) is 64.4 cm³/mol. The van der Waals surface area contributed by atoms with E-state index < -0.39 is 0 Å². The zero-order valence-electron chi connectivity index (χ0n) is 9.89. The van der Waals surface area contributed by atoms with Crippen LogP contribution in [0.5, 0.6) is 0 Å². The van der Waals surface area contributed by atoms with E-state index in [1.54, 1.807) is 6.07 Å². The molecule has 1 atom stereocenters. The van der Waals surface area contributed by atoms with Crippen molar-refractivity contribution in [2.24, 2.45) is 11.3 Å². The van der Waals surface area contributed by atoms with Crippen LogP contribution in [-0.4, -0.2) is 6.54 Å². The van der Waals surface area contributed by atoms with Gasteiger partial charge in [0.1, 0.15) is 5.82 Å². The zero-order valence-corrected chi connectivity index (χ0v) is 9.89. The van der Waals surface area contributed by atoms with Crippen LogP contribution in [0, 0.1) is 17.2 Å². The summed E-state index contributed by atoms with van der Waals surface area (Å²) in [5.74, 6) is 0.424. The third kappa shape index (κ3) is 2.35. The van der Waals surface area contributed by atoms with Crippen LogP contribution in [0.1, 0.15) is 25.8 Å². The molecule has 0 saturated heterocycles. The van der Waals surface area contributed by atoms with Crippen LogP contribution in [0.25, 0.3) is 0 Å². The number of halogens is 1. The number of nitrogens with two attached hydrogens (primary N) is 1.